The second kappa shape index (κ2) is 4.66. The highest BCUT2D eigenvalue weighted by molar-refractivity contribution is 6.31. The third-order valence-corrected chi connectivity index (χ3v) is 4.58. The number of hydrogen-bond acceptors (Lipinski definition) is 1. The smallest absolute Gasteiger partial charge is 0.0887 e. The van der Waals surface area contributed by atoms with Gasteiger partial charge in [0.1, 0.15) is 0 Å². The number of aliphatic hydroxyl groups is 1. The molecule has 1 nitrogen and oxygen atoms in total. The third kappa shape index (κ3) is 2.18. The number of rotatable bonds is 3. The van der Waals surface area contributed by atoms with Crippen molar-refractivity contribution in [3.63, 3.8) is 0 Å². The van der Waals surface area contributed by atoms with E-state index in [1.807, 2.05) is 43.3 Å². The molecule has 98 valence electrons. The predicted octanol–water partition coefficient (Wildman–Crippen LogP) is 4.41. The fourth-order valence-corrected chi connectivity index (χ4v) is 2.91. The minimum atomic E-state index is -0.479. The summed E-state index contributed by atoms with van der Waals surface area (Å²) in [6.07, 6.45) is 1.58. The van der Waals surface area contributed by atoms with Gasteiger partial charge < -0.3 is 5.11 Å². The van der Waals surface area contributed by atoms with Crippen molar-refractivity contribution in [1.29, 1.82) is 0 Å². The molecule has 0 aromatic heterocycles. The van der Waals surface area contributed by atoms with Crippen molar-refractivity contribution in [3.8, 4) is 0 Å². The molecule has 1 N–H and O–H groups in total. The Bertz CT molecular complexity index is 587. The molecule has 0 heterocycles. The number of aryl methyl sites for hydroxylation is 1. The highest BCUT2D eigenvalue weighted by Gasteiger charge is 2.50. The molecule has 1 aliphatic carbocycles. The van der Waals surface area contributed by atoms with Crippen molar-refractivity contribution >= 4 is 11.6 Å². The molecule has 1 aliphatic rings. The van der Waals surface area contributed by atoms with Gasteiger partial charge in [0.05, 0.1) is 6.10 Å². The SMILES string of the molecule is Cc1ccc(C(O)C2(c3ccccc3)CC2)cc1Cl. The summed E-state index contributed by atoms with van der Waals surface area (Å²) in [6.45, 7) is 1.97. The summed E-state index contributed by atoms with van der Waals surface area (Å²) in [5, 5.41) is 11.4. The van der Waals surface area contributed by atoms with E-state index < -0.39 is 6.10 Å². The van der Waals surface area contributed by atoms with E-state index in [1.165, 1.54) is 5.56 Å². The van der Waals surface area contributed by atoms with Crippen LogP contribution in [0.3, 0.4) is 0 Å². The van der Waals surface area contributed by atoms with E-state index in [2.05, 4.69) is 12.1 Å². The summed E-state index contributed by atoms with van der Waals surface area (Å²) < 4.78 is 0. The molecule has 0 saturated heterocycles. The van der Waals surface area contributed by atoms with Crippen LogP contribution in [0.2, 0.25) is 5.02 Å². The standard InChI is InChI=1S/C17H17ClO/c1-12-7-8-13(11-15(12)18)16(19)17(9-10-17)14-5-3-2-4-6-14/h2-8,11,16,19H,9-10H2,1H3. The molecule has 19 heavy (non-hydrogen) atoms. The molecule has 0 spiro atoms. The Morgan fingerprint density at radius 2 is 1.79 bits per heavy atom. The predicted molar refractivity (Wildman–Crippen MR) is 78.5 cm³/mol. The van der Waals surface area contributed by atoms with Crippen LogP contribution in [-0.4, -0.2) is 5.11 Å². The first-order chi connectivity index (χ1) is 9.13. The molecule has 1 fully saturated rings. The number of aliphatic hydroxyl groups excluding tert-OH is 1. The molecule has 2 aromatic rings. The van der Waals surface area contributed by atoms with Crippen molar-refractivity contribution in [2.24, 2.45) is 0 Å². The summed E-state index contributed by atoms with van der Waals surface area (Å²) in [5.41, 5.74) is 3.07. The maximum absolute atomic E-state index is 10.7. The topological polar surface area (TPSA) is 20.2 Å². The molecular formula is C17H17ClO. The van der Waals surface area contributed by atoms with Crippen LogP contribution < -0.4 is 0 Å². The first-order valence-corrected chi connectivity index (χ1v) is 7.01. The van der Waals surface area contributed by atoms with E-state index in [1.54, 1.807) is 0 Å². The molecule has 0 radical (unpaired) electrons. The molecule has 2 heteroatoms. The van der Waals surface area contributed by atoms with E-state index in [9.17, 15) is 5.11 Å². The summed E-state index contributed by atoms with van der Waals surface area (Å²) in [5.74, 6) is 0. The zero-order valence-corrected chi connectivity index (χ0v) is 11.7. The zero-order valence-electron chi connectivity index (χ0n) is 10.9. The number of hydrogen-bond donors (Lipinski definition) is 1. The van der Waals surface area contributed by atoms with Crippen molar-refractivity contribution in [3.05, 3.63) is 70.2 Å². The Kier molecular flexibility index (Phi) is 3.12. The summed E-state index contributed by atoms with van der Waals surface area (Å²) in [7, 11) is 0. The molecule has 1 atom stereocenters. The van der Waals surface area contributed by atoms with E-state index >= 15 is 0 Å². The number of halogens is 1. The minimum absolute atomic E-state index is 0.111. The van der Waals surface area contributed by atoms with Gasteiger partial charge in [-0.05, 0) is 42.5 Å². The lowest BCUT2D eigenvalue weighted by molar-refractivity contribution is 0.133. The first-order valence-electron chi connectivity index (χ1n) is 6.63. The van der Waals surface area contributed by atoms with Crippen molar-refractivity contribution in [1.82, 2.24) is 0 Å². The van der Waals surface area contributed by atoms with Crippen LogP contribution in [0.5, 0.6) is 0 Å². The highest BCUT2D eigenvalue weighted by atomic mass is 35.5. The monoisotopic (exact) mass is 272 g/mol. The van der Waals surface area contributed by atoms with Crippen molar-refractivity contribution in [2.75, 3.05) is 0 Å². The van der Waals surface area contributed by atoms with E-state index in [0.717, 1.165) is 29.0 Å². The lowest BCUT2D eigenvalue weighted by atomic mass is 9.86. The van der Waals surface area contributed by atoms with Crippen LogP contribution in [-0.2, 0) is 5.41 Å². The van der Waals surface area contributed by atoms with Gasteiger partial charge in [0, 0.05) is 10.4 Å². The van der Waals surface area contributed by atoms with Gasteiger partial charge in [-0.3, -0.25) is 0 Å². The second-order valence-corrected chi connectivity index (χ2v) is 5.84. The van der Waals surface area contributed by atoms with Gasteiger partial charge in [-0.1, -0.05) is 54.1 Å². The van der Waals surface area contributed by atoms with Crippen LogP contribution in [0.15, 0.2) is 48.5 Å². The van der Waals surface area contributed by atoms with Crippen molar-refractivity contribution < 1.29 is 5.11 Å². The fourth-order valence-electron chi connectivity index (χ4n) is 2.72. The van der Waals surface area contributed by atoms with Gasteiger partial charge in [0.25, 0.3) is 0 Å². The summed E-state index contributed by atoms with van der Waals surface area (Å²) >= 11 is 6.16. The molecule has 0 aliphatic heterocycles. The third-order valence-electron chi connectivity index (χ3n) is 4.17. The lowest BCUT2D eigenvalue weighted by Crippen LogP contribution is -2.18. The molecule has 3 rings (SSSR count). The van der Waals surface area contributed by atoms with Crippen LogP contribution >= 0.6 is 11.6 Å². The van der Waals surface area contributed by atoms with Crippen LogP contribution in [0, 0.1) is 6.92 Å². The molecule has 1 unspecified atom stereocenters. The Morgan fingerprint density at radius 3 is 2.37 bits per heavy atom. The first kappa shape index (κ1) is 12.7. The van der Waals surface area contributed by atoms with Gasteiger partial charge in [-0.15, -0.1) is 0 Å². The van der Waals surface area contributed by atoms with E-state index in [-0.39, 0.29) is 5.41 Å². The normalized spacial score (nSPS) is 18.1. The van der Waals surface area contributed by atoms with Gasteiger partial charge in [-0.2, -0.15) is 0 Å². The van der Waals surface area contributed by atoms with Crippen LogP contribution in [0.4, 0.5) is 0 Å². The molecule has 0 bridgehead atoms. The quantitative estimate of drug-likeness (QED) is 0.877. The largest absolute Gasteiger partial charge is 0.387 e. The molecule has 2 aromatic carbocycles. The van der Waals surface area contributed by atoms with Gasteiger partial charge in [0.15, 0.2) is 0 Å². The fraction of sp³-hybridized carbons (Fsp3) is 0.294. The average Bonchev–Trinajstić information content (AvgIpc) is 3.24. The van der Waals surface area contributed by atoms with Gasteiger partial charge in [0.2, 0.25) is 0 Å². The Hall–Kier alpha value is -1.31. The number of benzene rings is 2. The van der Waals surface area contributed by atoms with Crippen LogP contribution in [0.1, 0.15) is 35.6 Å². The van der Waals surface area contributed by atoms with Crippen LogP contribution in [0.25, 0.3) is 0 Å². The van der Waals surface area contributed by atoms with E-state index in [4.69, 9.17) is 11.6 Å². The molecular weight excluding hydrogens is 256 g/mol. The summed E-state index contributed by atoms with van der Waals surface area (Å²) in [4.78, 5) is 0. The Morgan fingerprint density at radius 1 is 1.11 bits per heavy atom. The zero-order chi connectivity index (χ0) is 13.5. The maximum Gasteiger partial charge on any atom is 0.0887 e. The summed E-state index contributed by atoms with van der Waals surface area (Å²) in [6, 6.07) is 16.1. The maximum atomic E-state index is 10.7. The molecule has 0 amide bonds. The van der Waals surface area contributed by atoms with Crippen molar-refractivity contribution in [2.45, 2.75) is 31.3 Å². The Balaban J connectivity index is 1.96. The lowest BCUT2D eigenvalue weighted by Gasteiger charge is -2.23. The molecule has 1 saturated carbocycles. The second-order valence-electron chi connectivity index (χ2n) is 5.43. The van der Waals surface area contributed by atoms with E-state index in [0.29, 0.717) is 0 Å². The Labute approximate surface area is 118 Å². The van der Waals surface area contributed by atoms with Gasteiger partial charge in [-0.25, -0.2) is 0 Å². The minimum Gasteiger partial charge on any atom is -0.387 e. The average molecular weight is 273 g/mol. The highest BCUT2D eigenvalue weighted by Crippen LogP contribution is 2.56. The van der Waals surface area contributed by atoms with Gasteiger partial charge >= 0.3 is 0 Å².